The van der Waals surface area contributed by atoms with Crippen LogP contribution in [0, 0.1) is 11.6 Å². The monoisotopic (exact) mass is 294 g/mol. The zero-order valence-corrected chi connectivity index (χ0v) is 11.0. The molecule has 0 aliphatic heterocycles. The molecule has 1 rings (SSSR count). The molecule has 8 heteroatoms. The van der Waals surface area contributed by atoms with E-state index in [0.717, 1.165) is 0 Å². The van der Waals surface area contributed by atoms with Crippen molar-refractivity contribution in [3.8, 4) is 0 Å². The van der Waals surface area contributed by atoms with Crippen LogP contribution in [0.15, 0.2) is 17.0 Å². The van der Waals surface area contributed by atoms with Crippen molar-refractivity contribution >= 4 is 15.8 Å². The number of carboxylic acid groups (broad SMARTS) is 1. The SMILES string of the molecule is COC(C)CS(=O)(=O)c1ccc(F)c(C(=O)O)c1F. The van der Waals surface area contributed by atoms with Crippen LogP contribution in [0.25, 0.3) is 0 Å². The molecule has 1 N–H and O–H groups in total. The lowest BCUT2D eigenvalue weighted by atomic mass is 10.2. The van der Waals surface area contributed by atoms with E-state index in [9.17, 15) is 22.0 Å². The Bertz CT molecular complexity index is 597. The molecular formula is C11H12F2O5S. The molecule has 0 bridgehead atoms. The van der Waals surface area contributed by atoms with E-state index in [-0.39, 0.29) is 0 Å². The fraction of sp³-hybridized carbons (Fsp3) is 0.364. The molecular weight excluding hydrogens is 282 g/mol. The predicted octanol–water partition coefficient (Wildman–Crippen LogP) is 1.47. The molecule has 0 saturated heterocycles. The van der Waals surface area contributed by atoms with Gasteiger partial charge < -0.3 is 9.84 Å². The highest BCUT2D eigenvalue weighted by Gasteiger charge is 2.28. The van der Waals surface area contributed by atoms with Crippen molar-refractivity contribution in [2.45, 2.75) is 17.9 Å². The largest absolute Gasteiger partial charge is 0.477 e. The third kappa shape index (κ3) is 3.27. The van der Waals surface area contributed by atoms with Crippen LogP contribution in [0.5, 0.6) is 0 Å². The Kier molecular flexibility index (Phi) is 4.59. The normalized spacial score (nSPS) is 13.3. The number of ether oxygens (including phenoxy) is 1. The van der Waals surface area contributed by atoms with Crippen LogP contribution in [0.2, 0.25) is 0 Å². The zero-order chi connectivity index (χ0) is 14.8. The number of benzene rings is 1. The summed E-state index contributed by atoms with van der Waals surface area (Å²) in [6, 6.07) is 1.31. The van der Waals surface area contributed by atoms with Crippen molar-refractivity contribution in [3.63, 3.8) is 0 Å². The van der Waals surface area contributed by atoms with Gasteiger partial charge >= 0.3 is 5.97 Å². The van der Waals surface area contributed by atoms with Crippen molar-refractivity contribution in [1.82, 2.24) is 0 Å². The number of hydrogen-bond acceptors (Lipinski definition) is 4. The molecule has 0 aromatic heterocycles. The molecule has 0 radical (unpaired) electrons. The summed E-state index contributed by atoms with van der Waals surface area (Å²) >= 11 is 0. The first-order chi connectivity index (χ1) is 8.70. The topological polar surface area (TPSA) is 80.7 Å². The second kappa shape index (κ2) is 5.62. The molecule has 1 unspecified atom stereocenters. The minimum absolute atomic E-state index is 0.537. The van der Waals surface area contributed by atoms with Gasteiger partial charge in [-0.15, -0.1) is 0 Å². The Labute approximate surface area is 108 Å². The maximum atomic E-state index is 13.8. The van der Waals surface area contributed by atoms with Crippen molar-refractivity contribution in [1.29, 1.82) is 0 Å². The van der Waals surface area contributed by atoms with Gasteiger partial charge in [0.15, 0.2) is 15.7 Å². The molecule has 106 valence electrons. The highest BCUT2D eigenvalue weighted by atomic mass is 32.2. The van der Waals surface area contributed by atoms with Crippen molar-refractivity contribution in [2.75, 3.05) is 12.9 Å². The summed E-state index contributed by atoms with van der Waals surface area (Å²) in [5.41, 5.74) is -1.29. The predicted molar refractivity (Wildman–Crippen MR) is 61.8 cm³/mol. The van der Waals surface area contributed by atoms with Gasteiger partial charge in [-0.3, -0.25) is 0 Å². The van der Waals surface area contributed by atoms with Crippen molar-refractivity contribution < 1.29 is 31.8 Å². The first kappa shape index (κ1) is 15.5. The number of carbonyl (C=O) groups is 1. The quantitative estimate of drug-likeness (QED) is 0.832. The Balaban J connectivity index is 3.37. The zero-order valence-electron chi connectivity index (χ0n) is 10.2. The molecule has 0 amide bonds. The van der Waals surface area contributed by atoms with Gasteiger partial charge in [0.2, 0.25) is 0 Å². The second-order valence-corrected chi connectivity index (χ2v) is 5.87. The second-order valence-electron chi connectivity index (χ2n) is 3.87. The van der Waals surface area contributed by atoms with E-state index in [4.69, 9.17) is 9.84 Å². The summed E-state index contributed by atoms with van der Waals surface area (Å²) in [5.74, 6) is -5.34. The fourth-order valence-corrected chi connectivity index (χ4v) is 3.02. The summed E-state index contributed by atoms with van der Waals surface area (Å²) in [4.78, 5) is 9.85. The maximum Gasteiger partial charge on any atom is 0.341 e. The fourth-order valence-electron chi connectivity index (χ4n) is 1.44. The first-order valence-electron chi connectivity index (χ1n) is 5.17. The summed E-state index contributed by atoms with van der Waals surface area (Å²) in [6.07, 6.45) is -0.706. The van der Waals surface area contributed by atoms with Gasteiger partial charge in [-0.05, 0) is 19.1 Å². The van der Waals surface area contributed by atoms with Crippen LogP contribution in [0.1, 0.15) is 17.3 Å². The smallest absolute Gasteiger partial charge is 0.341 e. The van der Waals surface area contributed by atoms with Gasteiger partial charge in [-0.2, -0.15) is 0 Å². The summed E-state index contributed by atoms with van der Waals surface area (Å²) in [6.45, 7) is 1.46. The molecule has 0 heterocycles. The Morgan fingerprint density at radius 1 is 1.42 bits per heavy atom. The molecule has 1 aromatic carbocycles. The average Bonchev–Trinajstić information content (AvgIpc) is 2.27. The van der Waals surface area contributed by atoms with Crippen LogP contribution in [0.4, 0.5) is 8.78 Å². The van der Waals surface area contributed by atoms with Gasteiger partial charge in [-0.1, -0.05) is 0 Å². The molecule has 0 fully saturated rings. The van der Waals surface area contributed by atoms with Crippen LogP contribution in [-0.4, -0.2) is 38.5 Å². The van der Waals surface area contributed by atoms with Gasteiger partial charge in [-0.25, -0.2) is 22.0 Å². The van der Waals surface area contributed by atoms with Crippen LogP contribution >= 0.6 is 0 Å². The molecule has 0 aliphatic rings. The highest BCUT2D eigenvalue weighted by Crippen LogP contribution is 2.22. The van der Waals surface area contributed by atoms with E-state index in [1.807, 2.05) is 0 Å². The van der Waals surface area contributed by atoms with Crippen LogP contribution in [-0.2, 0) is 14.6 Å². The minimum Gasteiger partial charge on any atom is -0.477 e. The minimum atomic E-state index is -4.11. The highest BCUT2D eigenvalue weighted by molar-refractivity contribution is 7.91. The number of methoxy groups -OCH3 is 1. The lowest BCUT2D eigenvalue weighted by Gasteiger charge is -2.12. The van der Waals surface area contributed by atoms with E-state index in [1.165, 1.54) is 14.0 Å². The molecule has 0 aliphatic carbocycles. The number of rotatable bonds is 5. The summed E-state index contributed by atoms with van der Waals surface area (Å²) < 4.78 is 55.5. The molecule has 1 aromatic rings. The average molecular weight is 294 g/mol. The number of hydrogen-bond donors (Lipinski definition) is 1. The van der Waals surface area contributed by atoms with Crippen molar-refractivity contribution in [3.05, 3.63) is 29.3 Å². The van der Waals surface area contributed by atoms with Gasteiger partial charge in [0, 0.05) is 7.11 Å². The van der Waals surface area contributed by atoms with Gasteiger partial charge in [0.25, 0.3) is 0 Å². The molecule has 1 atom stereocenters. The number of halogens is 2. The Morgan fingerprint density at radius 2 is 2.00 bits per heavy atom. The molecule has 5 nitrogen and oxygen atoms in total. The number of aromatic carboxylic acids is 1. The standard InChI is InChI=1S/C11H12F2O5S/c1-6(18-2)5-19(16,17)8-4-3-7(12)9(10(8)13)11(14)15/h3-4,6H,5H2,1-2H3,(H,14,15). The molecule has 0 spiro atoms. The third-order valence-electron chi connectivity index (χ3n) is 2.46. The van der Waals surface area contributed by atoms with Crippen LogP contribution < -0.4 is 0 Å². The number of sulfone groups is 1. The van der Waals surface area contributed by atoms with E-state index in [0.29, 0.717) is 12.1 Å². The van der Waals surface area contributed by atoms with Crippen LogP contribution in [0.3, 0.4) is 0 Å². The summed E-state index contributed by atoms with van der Waals surface area (Å²) in [5, 5.41) is 8.67. The maximum absolute atomic E-state index is 13.8. The molecule has 0 saturated carbocycles. The lowest BCUT2D eigenvalue weighted by Crippen LogP contribution is -2.22. The van der Waals surface area contributed by atoms with Gasteiger partial charge in [0.05, 0.1) is 11.9 Å². The Hall–Kier alpha value is -1.54. The number of carboxylic acids is 1. The van der Waals surface area contributed by atoms with E-state index in [2.05, 4.69) is 0 Å². The van der Waals surface area contributed by atoms with Crippen molar-refractivity contribution in [2.24, 2.45) is 0 Å². The first-order valence-corrected chi connectivity index (χ1v) is 6.82. The van der Waals surface area contributed by atoms with E-state index >= 15 is 0 Å². The third-order valence-corrected chi connectivity index (χ3v) is 4.35. The van der Waals surface area contributed by atoms with E-state index in [1.54, 1.807) is 0 Å². The lowest BCUT2D eigenvalue weighted by molar-refractivity contribution is 0.0685. The Morgan fingerprint density at radius 3 is 2.47 bits per heavy atom. The summed E-state index contributed by atoms with van der Waals surface area (Å²) in [7, 11) is -2.82. The van der Waals surface area contributed by atoms with E-state index < -0.39 is 49.8 Å². The van der Waals surface area contributed by atoms with Gasteiger partial charge in [0.1, 0.15) is 16.3 Å². The molecule has 19 heavy (non-hydrogen) atoms.